The lowest BCUT2D eigenvalue weighted by Gasteiger charge is -2.32. The van der Waals surface area contributed by atoms with E-state index in [0.717, 1.165) is 12.3 Å². The average molecular weight is 266 g/mol. The van der Waals surface area contributed by atoms with Gasteiger partial charge in [-0.15, -0.1) is 0 Å². The summed E-state index contributed by atoms with van der Waals surface area (Å²) in [5, 5.41) is 29.1. The second-order valence-electron chi connectivity index (χ2n) is 3.97. The van der Waals surface area contributed by atoms with E-state index in [1.54, 1.807) is 0 Å². The second-order valence-corrected chi connectivity index (χ2v) is 3.97. The zero-order chi connectivity index (χ0) is 13.5. The molecule has 4 atom stereocenters. The highest BCUT2D eigenvalue weighted by Crippen LogP contribution is 2.38. The number of alkyl halides is 2. The van der Waals surface area contributed by atoms with Crippen molar-refractivity contribution in [1.82, 2.24) is 10.2 Å². The molecule has 0 radical (unpaired) electrons. The predicted octanol–water partition coefficient (Wildman–Crippen LogP) is -1.44. The fraction of sp³-hybridized carbons (Fsp3) is 0.667. The molecule has 0 aliphatic carbocycles. The van der Waals surface area contributed by atoms with Gasteiger partial charge in [0, 0.05) is 6.20 Å². The van der Waals surface area contributed by atoms with Crippen LogP contribution in [0.1, 0.15) is 0 Å². The number of ether oxygens (including phenoxy) is 1. The Kier molecular flexibility index (Phi) is 3.23. The SMILES string of the molecule is O=C1NC(O)C=CN1[C@@H]1O[C@H](CO)[C@@H](O)C1(F)F. The molecular weight excluding hydrogens is 254 g/mol. The first-order chi connectivity index (χ1) is 8.37. The molecule has 0 spiro atoms. The highest BCUT2D eigenvalue weighted by atomic mass is 19.3. The summed E-state index contributed by atoms with van der Waals surface area (Å²) in [6.45, 7) is -0.797. The number of hydrogen-bond donors (Lipinski definition) is 4. The summed E-state index contributed by atoms with van der Waals surface area (Å²) in [4.78, 5) is 11.9. The quantitative estimate of drug-likeness (QED) is 0.490. The van der Waals surface area contributed by atoms with Gasteiger partial charge in [0.2, 0.25) is 6.23 Å². The topological polar surface area (TPSA) is 102 Å². The van der Waals surface area contributed by atoms with Crippen LogP contribution in [0.4, 0.5) is 13.6 Å². The Morgan fingerprint density at radius 2 is 2.17 bits per heavy atom. The van der Waals surface area contributed by atoms with E-state index in [1.165, 1.54) is 0 Å². The molecule has 1 fully saturated rings. The summed E-state index contributed by atoms with van der Waals surface area (Å²) in [6.07, 6.45) is -4.97. The first-order valence-electron chi connectivity index (χ1n) is 5.15. The lowest BCUT2D eigenvalue weighted by atomic mass is 10.1. The number of aliphatic hydroxyl groups excluding tert-OH is 3. The van der Waals surface area contributed by atoms with Crippen molar-refractivity contribution in [2.24, 2.45) is 0 Å². The van der Waals surface area contributed by atoms with Gasteiger partial charge >= 0.3 is 12.0 Å². The molecule has 0 aromatic carbocycles. The Labute approximate surface area is 100 Å². The van der Waals surface area contributed by atoms with Crippen LogP contribution in [-0.2, 0) is 4.74 Å². The normalized spacial score (nSPS) is 38.9. The molecule has 4 N–H and O–H groups in total. The summed E-state index contributed by atoms with van der Waals surface area (Å²) in [5.41, 5.74) is 0. The van der Waals surface area contributed by atoms with E-state index in [1.807, 2.05) is 5.32 Å². The number of aliphatic hydroxyl groups is 3. The zero-order valence-electron chi connectivity index (χ0n) is 9.03. The van der Waals surface area contributed by atoms with Crippen LogP contribution in [0, 0.1) is 0 Å². The van der Waals surface area contributed by atoms with Gasteiger partial charge in [0.1, 0.15) is 12.3 Å². The van der Waals surface area contributed by atoms with Gasteiger partial charge in [0.25, 0.3) is 0 Å². The van der Waals surface area contributed by atoms with Gasteiger partial charge in [-0.1, -0.05) is 0 Å². The predicted molar refractivity (Wildman–Crippen MR) is 52.2 cm³/mol. The van der Waals surface area contributed by atoms with Crippen LogP contribution < -0.4 is 5.32 Å². The van der Waals surface area contributed by atoms with E-state index in [-0.39, 0.29) is 0 Å². The monoisotopic (exact) mass is 266 g/mol. The summed E-state index contributed by atoms with van der Waals surface area (Å²) >= 11 is 0. The van der Waals surface area contributed by atoms with Gasteiger partial charge in [-0.25, -0.2) is 4.79 Å². The van der Waals surface area contributed by atoms with Crippen LogP contribution in [0.15, 0.2) is 12.3 Å². The number of carbonyl (C=O) groups is 1. The van der Waals surface area contributed by atoms with E-state index >= 15 is 0 Å². The van der Waals surface area contributed by atoms with E-state index in [2.05, 4.69) is 0 Å². The van der Waals surface area contributed by atoms with Gasteiger partial charge in [-0.2, -0.15) is 8.78 Å². The highest BCUT2D eigenvalue weighted by Gasteiger charge is 2.61. The van der Waals surface area contributed by atoms with Crippen molar-refractivity contribution in [3.8, 4) is 0 Å². The fourth-order valence-corrected chi connectivity index (χ4v) is 1.79. The molecule has 0 saturated carbocycles. The standard InChI is InChI=1S/C9H12F2N2O5/c10-9(11)6(16)4(3-14)18-7(9)13-2-1-5(15)12-8(13)17/h1-2,4-7,14-16H,3H2,(H,12,17)/t4-,5?,6-,7-/m1/s1. The van der Waals surface area contributed by atoms with Crippen molar-refractivity contribution in [2.45, 2.75) is 30.6 Å². The van der Waals surface area contributed by atoms with Crippen LogP contribution in [0.25, 0.3) is 0 Å². The van der Waals surface area contributed by atoms with Crippen LogP contribution in [0.3, 0.4) is 0 Å². The molecule has 2 heterocycles. The number of carbonyl (C=O) groups excluding carboxylic acids is 1. The van der Waals surface area contributed by atoms with E-state index < -0.39 is 43.2 Å². The molecule has 0 bridgehead atoms. The summed E-state index contributed by atoms with van der Waals surface area (Å²) in [7, 11) is 0. The van der Waals surface area contributed by atoms with Gasteiger partial charge in [0.15, 0.2) is 6.10 Å². The molecule has 0 aromatic heterocycles. The molecule has 1 saturated heterocycles. The maximum Gasteiger partial charge on any atom is 0.325 e. The largest absolute Gasteiger partial charge is 0.394 e. The number of amides is 2. The fourth-order valence-electron chi connectivity index (χ4n) is 1.79. The smallest absolute Gasteiger partial charge is 0.325 e. The number of urea groups is 1. The van der Waals surface area contributed by atoms with Crippen molar-refractivity contribution in [3.63, 3.8) is 0 Å². The average Bonchev–Trinajstić information content (AvgIpc) is 2.52. The number of hydrogen-bond acceptors (Lipinski definition) is 5. The number of nitrogens with zero attached hydrogens (tertiary/aromatic N) is 1. The summed E-state index contributed by atoms with van der Waals surface area (Å²) in [6, 6.07) is -0.986. The molecule has 2 rings (SSSR count). The lowest BCUT2D eigenvalue weighted by Crippen LogP contribution is -2.55. The number of rotatable bonds is 2. The van der Waals surface area contributed by atoms with E-state index in [0.29, 0.717) is 4.90 Å². The minimum absolute atomic E-state index is 0.519. The third-order valence-electron chi connectivity index (χ3n) is 2.75. The van der Waals surface area contributed by atoms with Crippen molar-refractivity contribution in [3.05, 3.63) is 12.3 Å². The van der Waals surface area contributed by atoms with Crippen molar-refractivity contribution < 1.29 is 33.6 Å². The maximum absolute atomic E-state index is 13.7. The first kappa shape index (κ1) is 13.1. The maximum atomic E-state index is 13.7. The molecule has 7 nitrogen and oxygen atoms in total. The van der Waals surface area contributed by atoms with Crippen LogP contribution in [-0.4, -0.2) is 63.4 Å². The minimum Gasteiger partial charge on any atom is -0.394 e. The number of halogens is 2. The minimum atomic E-state index is -3.72. The molecule has 2 aliphatic rings. The Balaban J connectivity index is 2.23. The van der Waals surface area contributed by atoms with E-state index in [4.69, 9.17) is 14.9 Å². The Bertz CT molecular complexity index is 378. The first-order valence-corrected chi connectivity index (χ1v) is 5.15. The molecule has 18 heavy (non-hydrogen) atoms. The third-order valence-corrected chi connectivity index (χ3v) is 2.75. The van der Waals surface area contributed by atoms with Crippen LogP contribution >= 0.6 is 0 Å². The third kappa shape index (κ3) is 1.94. The zero-order valence-corrected chi connectivity index (χ0v) is 9.03. The van der Waals surface area contributed by atoms with Crippen molar-refractivity contribution in [1.29, 1.82) is 0 Å². The molecule has 9 heteroatoms. The van der Waals surface area contributed by atoms with Crippen molar-refractivity contribution >= 4 is 6.03 Å². The molecule has 1 unspecified atom stereocenters. The van der Waals surface area contributed by atoms with Gasteiger partial charge < -0.3 is 25.4 Å². The van der Waals surface area contributed by atoms with Crippen LogP contribution in [0.5, 0.6) is 0 Å². The molecule has 102 valence electrons. The Morgan fingerprint density at radius 3 is 2.67 bits per heavy atom. The van der Waals surface area contributed by atoms with Gasteiger partial charge in [0.05, 0.1) is 6.61 Å². The highest BCUT2D eigenvalue weighted by molar-refractivity contribution is 5.77. The van der Waals surface area contributed by atoms with E-state index in [9.17, 15) is 18.7 Å². The van der Waals surface area contributed by atoms with Crippen molar-refractivity contribution in [2.75, 3.05) is 6.61 Å². The molecular formula is C9H12F2N2O5. The molecule has 2 amide bonds. The molecule has 0 aromatic rings. The lowest BCUT2D eigenvalue weighted by molar-refractivity contribution is -0.146. The van der Waals surface area contributed by atoms with Gasteiger partial charge in [-0.3, -0.25) is 4.90 Å². The Hall–Kier alpha value is -1.29. The Morgan fingerprint density at radius 1 is 1.50 bits per heavy atom. The summed E-state index contributed by atoms with van der Waals surface area (Å²) in [5.74, 6) is -3.72. The van der Waals surface area contributed by atoms with Crippen LogP contribution in [0.2, 0.25) is 0 Å². The number of nitrogens with one attached hydrogen (secondary N) is 1. The second kappa shape index (κ2) is 4.43. The van der Waals surface area contributed by atoms with Gasteiger partial charge in [-0.05, 0) is 6.08 Å². The molecule has 2 aliphatic heterocycles. The summed E-state index contributed by atoms with van der Waals surface area (Å²) < 4.78 is 32.1.